The first-order valence-corrected chi connectivity index (χ1v) is 8.20. The molecule has 0 saturated carbocycles. The van der Waals surface area contributed by atoms with Gasteiger partial charge in [-0.2, -0.15) is 10.4 Å². The molecule has 0 spiro atoms. The number of rotatable bonds is 3. The molecule has 1 fully saturated rings. The van der Waals surface area contributed by atoms with E-state index in [1.54, 1.807) is 11.0 Å². The van der Waals surface area contributed by atoms with Crippen LogP contribution >= 0.6 is 0 Å². The fourth-order valence-electron chi connectivity index (χ4n) is 2.77. The molecule has 26 heavy (non-hydrogen) atoms. The van der Waals surface area contributed by atoms with Gasteiger partial charge >= 0.3 is 5.63 Å². The van der Waals surface area contributed by atoms with Crippen LogP contribution in [0, 0.1) is 30.6 Å². The van der Waals surface area contributed by atoms with Crippen LogP contribution in [0.2, 0.25) is 0 Å². The molecule has 0 unspecified atom stereocenters. The van der Waals surface area contributed by atoms with Crippen molar-refractivity contribution in [1.82, 2.24) is 4.90 Å². The summed E-state index contributed by atoms with van der Waals surface area (Å²) < 4.78 is 10.5. The SMILES string of the molecule is Cc1cc2oc(=O)cc(C)c2cc1N/N=C(/C#N)C(=N)N1CCOCC1. The van der Waals surface area contributed by atoms with Crippen LogP contribution in [0.25, 0.3) is 11.0 Å². The van der Waals surface area contributed by atoms with Crippen molar-refractivity contribution < 1.29 is 9.15 Å². The molecule has 8 heteroatoms. The zero-order chi connectivity index (χ0) is 18.7. The van der Waals surface area contributed by atoms with E-state index in [0.717, 1.165) is 16.5 Å². The predicted octanol–water partition coefficient (Wildman–Crippen LogP) is 2.01. The Morgan fingerprint density at radius 2 is 2.00 bits per heavy atom. The van der Waals surface area contributed by atoms with E-state index in [0.29, 0.717) is 37.6 Å². The van der Waals surface area contributed by atoms with E-state index in [2.05, 4.69) is 10.5 Å². The van der Waals surface area contributed by atoms with Crippen LogP contribution in [0.3, 0.4) is 0 Å². The summed E-state index contributed by atoms with van der Waals surface area (Å²) in [5, 5.41) is 22.4. The lowest BCUT2D eigenvalue weighted by atomic mass is 10.1. The second kappa shape index (κ2) is 7.37. The Balaban J connectivity index is 1.88. The third-order valence-electron chi connectivity index (χ3n) is 4.24. The molecule has 1 aliphatic heterocycles. The van der Waals surface area contributed by atoms with E-state index in [-0.39, 0.29) is 17.2 Å². The first kappa shape index (κ1) is 17.6. The molecular weight excluding hydrogens is 334 g/mol. The van der Waals surface area contributed by atoms with Crippen molar-refractivity contribution in [3.8, 4) is 6.07 Å². The van der Waals surface area contributed by atoms with Crippen molar-refractivity contribution in [2.45, 2.75) is 13.8 Å². The molecular formula is C18H19N5O3. The van der Waals surface area contributed by atoms with Gasteiger partial charge in [-0.1, -0.05) is 0 Å². The number of fused-ring (bicyclic) bond motifs is 1. The van der Waals surface area contributed by atoms with E-state index < -0.39 is 0 Å². The minimum Gasteiger partial charge on any atom is -0.423 e. The first-order chi connectivity index (χ1) is 12.5. The van der Waals surface area contributed by atoms with Gasteiger partial charge in [0.25, 0.3) is 0 Å². The third-order valence-corrected chi connectivity index (χ3v) is 4.24. The number of hydrogen-bond acceptors (Lipinski definition) is 7. The summed E-state index contributed by atoms with van der Waals surface area (Å²) in [6, 6.07) is 6.97. The molecule has 8 nitrogen and oxygen atoms in total. The normalized spacial score (nSPS) is 15.0. The molecule has 0 radical (unpaired) electrons. The largest absolute Gasteiger partial charge is 0.423 e. The average molecular weight is 353 g/mol. The zero-order valence-corrected chi connectivity index (χ0v) is 14.6. The van der Waals surface area contributed by atoms with Gasteiger partial charge in [-0.05, 0) is 37.1 Å². The van der Waals surface area contributed by atoms with Gasteiger partial charge < -0.3 is 14.1 Å². The number of ether oxygens (including phenoxy) is 1. The summed E-state index contributed by atoms with van der Waals surface area (Å²) in [7, 11) is 0. The second-order valence-electron chi connectivity index (χ2n) is 6.04. The van der Waals surface area contributed by atoms with Crippen LogP contribution in [0.1, 0.15) is 11.1 Å². The molecule has 0 aliphatic carbocycles. The van der Waals surface area contributed by atoms with Crippen LogP contribution < -0.4 is 11.1 Å². The molecule has 0 amide bonds. The quantitative estimate of drug-likeness (QED) is 0.377. The Labute approximate surface area is 150 Å². The van der Waals surface area contributed by atoms with E-state index >= 15 is 0 Å². The summed E-state index contributed by atoms with van der Waals surface area (Å²) >= 11 is 0. The van der Waals surface area contributed by atoms with Gasteiger partial charge in [0.1, 0.15) is 11.7 Å². The van der Waals surface area contributed by atoms with Crippen molar-refractivity contribution in [1.29, 1.82) is 10.7 Å². The van der Waals surface area contributed by atoms with Crippen molar-refractivity contribution in [2.24, 2.45) is 5.10 Å². The number of morpholine rings is 1. The Bertz CT molecular complexity index is 981. The Hall–Kier alpha value is -3.18. The maximum Gasteiger partial charge on any atom is 0.336 e. The molecule has 134 valence electrons. The number of nitrogens with zero attached hydrogens (tertiary/aromatic N) is 3. The second-order valence-corrected chi connectivity index (χ2v) is 6.04. The number of hydrazone groups is 1. The first-order valence-electron chi connectivity index (χ1n) is 8.20. The van der Waals surface area contributed by atoms with Crippen LogP contribution in [0.5, 0.6) is 0 Å². The minimum absolute atomic E-state index is 0.00251. The fraction of sp³-hybridized carbons (Fsp3) is 0.333. The van der Waals surface area contributed by atoms with Crippen molar-refractivity contribution in [2.75, 3.05) is 31.7 Å². The van der Waals surface area contributed by atoms with Gasteiger partial charge in [-0.25, -0.2) is 4.79 Å². The zero-order valence-electron chi connectivity index (χ0n) is 14.6. The van der Waals surface area contributed by atoms with Crippen molar-refractivity contribution >= 4 is 28.2 Å². The number of nitriles is 1. The predicted molar refractivity (Wildman–Crippen MR) is 98.7 cm³/mol. The molecule has 1 saturated heterocycles. The smallest absolute Gasteiger partial charge is 0.336 e. The summed E-state index contributed by atoms with van der Waals surface area (Å²) in [5.41, 5.74) is 5.27. The molecule has 2 N–H and O–H groups in total. The Morgan fingerprint density at radius 3 is 2.69 bits per heavy atom. The van der Waals surface area contributed by atoms with E-state index in [1.165, 1.54) is 6.07 Å². The Morgan fingerprint density at radius 1 is 1.27 bits per heavy atom. The maximum absolute atomic E-state index is 11.5. The average Bonchev–Trinajstić information content (AvgIpc) is 2.63. The number of hydrogen-bond donors (Lipinski definition) is 2. The number of nitrogens with one attached hydrogen (secondary N) is 2. The van der Waals surface area contributed by atoms with Gasteiger partial charge in [-0.3, -0.25) is 10.8 Å². The molecule has 0 bridgehead atoms. The van der Waals surface area contributed by atoms with Gasteiger partial charge in [0.15, 0.2) is 5.84 Å². The number of anilines is 1. The monoisotopic (exact) mass is 353 g/mol. The maximum atomic E-state index is 11.5. The van der Waals surface area contributed by atoms with E-state index in [4.69, 9.17) is 14.6 Å². The van der Waals surface area contributed by atoms with Crippen molar-refractivity contribution in [3.63, 3.8) is 0 Å². The minimum atomic E-state index is -0.390. The molecule has 2 heterocycles. The van der Waals surface area contributed by atoms with Gasteiger partial charge in [0.05, 0.1) is 18.9 Å². The lowest BCUT2D eigenvalue weighted by Gasteiger charge is -2.28. The number of aryl methyl sites for hydroxylation is 2. The standard InChI is InChI=1S/C18H19N5O3/c1-11-8-17(24)26-16-7-12(2)14(9-13(11)16)21-22-15(10-19)18(20)23-3-5-25-6-4-23/h7-9,20-21H,3-6H2,1-2H3/b20-18?,22-15-. The molecule has 1 aromatic heterocycles. The third kappa shape index (κ3) is 3.58. The highest BCUT2D eigenvalue weighted by Gasteiger charge is 2.18. The highest BCUT2D eigenvalue weighted by atomic mass is 16.5. The molecule has 1 aromatic carbocycles. The lowest BCUT2D eigenvalue weighted by Crippen LogP contribution is -2.43. The van der Waals surface area contributed by atoms with E-state index in [1.807, 2.05) is 26.0 Å². The van der Waals surface area contributed by atoms with Crippen LogP contribution in [0.4, 0.5) is 5.69 Å². The van der Waals surface area contributed by atoms with Gasteiger partial charge in [-0.15, -0.1) is 0 Å². The van der Waals surface area contributed by atoms with Crippen molar-refractivity contribution in [3.05, 3.63) is 39.7 Å². The van der Waals surface area contributed by atoms with Crippen LogP contribution in [0.15, 0.2) is 32.5 Å². The summed E-state index contributed by atoms with van der Waals surface area (Å²) in [6.45, 7) is 5.86. The highest BCUT2D eigenvalue weighted by molar-refractivity contribution is 6.46. The lowest BCUT2D eigenvalue weighted by molar-refractivity contribution is 0.0686. The van der Waals surface area contributed by atoms with Crippen LogP contribution in [-0.2, 0) is 4.74 Å². The van der Waals surface area contributed by atoms with E-state index in [9.17, 15) is 10.1 Å². The molecule has 2 aromatic rings. The molecule has 3 rings (SSSR count). The van der Waals surface area contributed by atoms with Gasteiger partial charge in [0, 0.05) is 24.5 Å². The number of benzene rings is 1. The highest BCUT2D eigenvalue weighted by Crippen LogP contribution is 2.25. The summed E-state index contributed by atoms with van der Waals surface area (Å²) in [4.78, 5) is 13.3. The van der Waals surface area contributed by atoms with Crippen LogP contribution in [-0.4, -0.2) is 42.8 Å². The Kier molecular flexibility index (Phi) is 5.00. The fourth-order valence-corrected chi connectivity index (χ4v) is 2.77. The molecule has 1 aliphatic rings. The number of amidine groups is 1. The molecule has 0 atom stereocenters. The van der Waals surface area contributed by atoms with Gasteiger partial charge in [0.2, 0.25) is 5.71 Å². The summed E-state index contributed by atoms with van der Waals surface area (Å²) in [6.07, 6.45) is 0. The topological polar surface area (TPSA) is 115 Å². The summed E-state index contributed by atoms with van der Waals surface area (Å²) in [5.74, 6) is 0.0731.